The predicted molar refractivity (Wildman–Crippen MR) is 69.5 cm³/mol. The molecule has 1 heterocycles. The van der Waals surface area contributed by atoms with Crippen molar-refractivity contribution in [3.8, 4) is 11.5 Å². The van der Waals surface area contributed by atoms with Crippen LogP contribution >= 0.6 is 0 Å². The minimum atomic E-state index is -1.66. The lowest BCUT2D eigenvalue weighted by Gasteiger charge is -2.39. The van der Waals surface area contributed by atoms with Crippen molar-refractivity contribution in [2.75, 3.05) is 6.61 Å². The van der Waals surface area contributed by atoms with Gasteiger partial charge >= 0.3 is 5.97 Å². The van der Waals surface area contributed by atoms with Crippen LogP contribution in [0.5, 0.6) is 11.5 Å². The van der Waals surface area contributed by atoms with Gasteiger partial charge in [-0.1, -0.05) is 0 Å². The molecule has 0 unspecified atom stereocenters. The van der Waals surface area contributed by atoms with Crippen molar-refractivity contribution in [1.29, 1.82) is 0 Å². The maximum atomic E-state index is 11.1. The molecule has 1 saturated heterocycles. The standard InChI is InChI=1S/C13H16O9/c14-4-8-9(16)10(17)11(18)13(22-8)21-7-2-1-5(15)3-6(7)12(19)20/h1-3,8-11,13-18H,4H2,(H,19,20)/t8-,9-,10+,11-,13-/m1/s1. The zero-order valence-electron chi connectivity index (χ0n) is 11.2. The van der Waals surface area contributed by atoms with Crippen molar-refractivity contribution in [2.24, 2.45) is 0 Å². The molecule has 1 aliphatic heterocycles. The zero-order chi connectivity index (χ0) is 16.4. The molecule has 0 bridgehead atoms. The molecule has 22 heavy (non-hydrogen) atoms. The van der Waals surface area contributed by atoms with Gasteiger partial charge in [0.15, 0.2) is 0 Å². The quantitative estimate of drug-likeness (QED) is 0.380. The third-order valence-corrected chi connectivity index (χ3v) is 3.29. The summed E-state index contributed by atoms with van der Waals surface area (Å²) in [7, 11) is 0. The van der Waals surface area contributed by atoms with E-state index in [4.69, 9.17) is 19.7 Å². The first-order chi connectivity index (χ1) is 10.3. The molecule has 1 aromatic carbocycles. The summed E-state index contributed by atoms with van der Waals surface area (Å²) in [5, 5.41) is 56.5. The predicted octanol–water partition coefficient (Wildman–Crippen LogP) is -1.73. The molecule has 5 atom stereocenters. The molecule has 0 radical (unpaired) electrons. The van der Waals surface area contributed by atoms with Crippen molar-refractivity contribution in [2.45, 2.75) is 30.7 Å². The van der Waals surface area contributed by atoms with E-state index in [0.717, 1.165) is 12.1 Å². The lowest BCUT2D eigenvalue weighted by atomic mass is 9.99. The SMILES string of the molecule is O=C(O)c1cc(O)ccc1O[C@@H]1O[C@H](CO)[C@@H](O)[C@H](O)[C@H]1O. The van der Waals surface area contributed by atoms with Crippen molar-refractivity contribution in [3.63, 3.8) is 0 Å². The number of rotatable bonds is 4. The van der Waals surface area contributed by atoms with E-state index < -0.39 is 43.3 Å². The number of ether oxygens (including phenoxy) is 2. The highest BCUT2D eigenvalue weighted by molar-refractivity contribution is 5.91. The highest BCUT2D eigenvalue weighted by atomic mass is 16.7. The Kier molecular flexibility index (Phi) is 4.84. The Morgan fingerprint density at radius 1 is 1.18 bits per heavy atom. The molecule has 1 aliphatic rings. The number of hydrogen-bond donors (Lipinski definition) is 6. The second kappa shape index (κ2) is 6.46. The number of carbonyl (C=O) groups is 1. The molecular weight excluding hydrogens is 300 g/mol. The first kappa shape index (κ1) is 16.5. The first-order valence-electron chi connectivity index (χ1n) is 6.38. The van der Waals surface area contributed by atoms with Gasteiger partial charge in [0.25, 0.3) is 0 Å². The Bertz CT molecular complexity index is 544. The Morgan fingerprint density at radius 3 is 2.45 bits per heavy atom. The third kappa shape index (κ3) is 3.13. The van der Waals surface area contributed by atoms with Crippen molar-refractivity contribution < 1.29 is 44.9 Å². The maximum Gasteiger partial charge on any atom is 0.339 e. The summed E-state index contributed by atoms with van der Waals surface area (Å²) in [6.45, 7) is -0.633. The highest BCUT2D eigenvalue weighted by Gasteiger charge is 2.45. The number of phenolic OH excluding ortho intramolecular Hbond substituents is 1. The number of phenols is 1. The van der Waals surface area contributed by atoms with Gasteiger partial charge < -0.3 is 40.1 Å². The third-order valence-electron chi connectivity index (χ3n) is 3.29. The maximum absolute atomic E-state index is 11.1. The number of aliphatic hydroxyl groups is 4. The van der Waals surface area contributed by atoms with Crippen LogP contribution < -0.4 is 4.74 Å². The highest BCUT2D eigenvalue weighted by Crippen LogP contribution is 2.28. The summed E-state index contributed by atoms with van der Waals surface area (Å²) in [5.74, 6) is -1.89. The summed E-state index contributed by atoms with van der Waals surface area (Å²) in [4.78, 5) is 11.1. The van der Waals surface area contributed by atoms with Crippen LogP contribution in [-0.4, -0.2) is 73.9 Å². The molecule has 6 N–H and O–H groups in total. The Hall–Kier alpha value is -1.91. The summed E-state index contributed by atoms with van der Waals surface area (Å²) in [6.07, 6.45) is -7.51. The fourth-order valence-electron chi connectivity index (χ4n) is 2.08. The fourth-order valence-corrected chi connectivity index (χ4v) is 2.08. The Morgan fingerprint density at radius 2 is 1.86 bits per heavy atom. The van der Waals surface area contributed by atoms with Gasteiger partial charge in [-0.15, -0.1) is 0 Å². The van der Waals surface area contributed by atoms with Crippen LogP contribution in [0.2, 0.25) is 0 Å². The second-order valence-corrected chi connectivity index (χ2v) is 4.80. The van der Waals surface area contributed by atoms with Crippen LogP contribution in [0.4, 0.5) is 0 Å². The van der Waals surface area contributed by atoms with Gasteiger partial charge in [0.05, 0.1) is 6.61 Å². The number of aromatic carboxylic acids is 1. The minimum absolute atomic E-state index is 0.213. The summed E-state index contributed by atoms with van der Waals surface area (Å²) in [6, 6.07) is 3.27. The molecule has 1 fully saturated rings. The van der Waals surface area contributed by atoms with Gasteiger partial charge in [0.2, 0.25) is 6.29 Å². The van der Waals surface area contributed by atoms with Gasteiger partial charge in [-0.25, -0.2) is 4.79 Å². The van der Waals surface area contributed by atoms with Gasteiger partial charge in [-0.3, -0.25) is 0 Å². The van der Waals surface area contributed by atoms with E-state index in [-0.39, 0.29) is 17.1 Å². The summed E-state index contributed by atoms with van der Waals surface area (Å²) < 4.78 is 10.3. The van der Waals surface area contributed by atoms with Gasteiger partial charge in [0.1, 0.15) is 41.5 Å². The molecule has 122 valence electrons. The monoisotopic (exact) mass is 316 g/mol. The minimum Gasteiger partial charge on any atom is -0.508 e. The number of aliphatic hydroxyl groups excluding tert-OH is 4. The molecule has 0 aromatic heterocycles. The number of aromatic hydroxyl groups is 1. The zero-order valence-corrected chi connectivity index (χ0v) is 11.2. The Balaban J connectivity index is 2.24. The molecular formula is C13H16O9. The number of hydrogen-bond acceptors (Lipinski definition) is 8. The molecule has 9 nitrogen and oxygen atoms in total. The van der Waals surface area contributed by atoms with Crippen LogP contribution in [0, 0.1) is 0 Å². The van der Waals surface area contributed by atoms with Crippen LogP contribution in [0.15, 0.2) is 18.2 Å². The average molecular weight is 316 g/mol. The normalized spacial score (nSPS) is 31.7. The van der Waals surface area contributed by atoms with Gasteiger partial charge in [0, 0.05) is 0 Å². The van der Waals surface area contributed by atoms with E-state index >= 15 is 0 Å². The van der Waals surface area contributed by atoms with E-state index in [0.29, 0.717) is 0 Å². The first-order valence-corrected chi connectivity index (χ1v) is 6.38. The summed E-state index contributed by atoms with van der Waals surface area (Å²) in [5.41, 5.74) is -0.378. The molecule has 0 saturated carbocycles. The number of benzene rings is 1. The molecule has 0 aliphatic carbocycles. The second-order valence-electron chi connectivity index (χ2n) is 4.80. The smallest absolute Gasteiger partial charge is 0.339 e. The summed E-state index contributed by atoms with van der Waals surface area (Å²) >= 11 is 0. The lowest BCUT2D eigenvalue weighted by Crippen LogP contribution is -2.60. The van der Waals surface area contributed by atoms with E-state index in [9.17, 15) is 25.2 Å². The van der Waals surface area contributed by atoms with Crippen LogP contribution in [-0.2, 0) is 4.74 Å². The molecule has 9 heteroatoms. The van der Waals surface area contributed by atoms with Crippen molar-refractivity contribution in [1.82, 2.24) is 0 Å². The average Bonchev–Trinajstić information content (AvgIpc) is 2.49. The van der Waals surface area contributed by atoms with Crippen LogP contribution in [0.3, 0.4) is 0 Å². The van der Waals surface area contributed by atoms with Gasteiger partial charge in [-0.2, -0.15) is 0 Å². The molecule has 2 rings (SSSR count). The van der Waals surface area contributed by atoms with Crippen LogP contribution in [0.1, 0.15) is 10.4 Å². The van der Waals surface area contributed by atoms with Crippen molar-refractivity contribution in [3.05, 3.63) is 23.8 Å². The van der Waals surface area contributed by atoms with Gasteiger partial charge in [-0.05, 0) is 18.2 Å². The van der Waals surface area contributed by atoms with E-state index in [1.54, 1.807) is 0 Å². The lowest BCUT2D eigenvalue weighted by molar-refractivity contribution is -0.277. The molecule has 0 amide bonds. The Labute approximate surface area is 124 Å². The number of carboxylic acids is 1. The van der Waals surface area contributed by atoms with E-state index in [1.807, 2.05) is 0 Å². The molecule has 0 spiro atoms. The van der Waals surface area contributed by atoms with E-state index in [1.165, 1.54) is 6.07 Å². The number of carboxylic acid groups (broad SMARTS) is 1. The van der Waals surface area contributed by atoms with Crippen LogP contribution in [0.25, 0.3) is 0 Å². The van der Waals surface area contributed by atoms with E-state index in [2.05, 4.69) is 0 Å². The fraction of sp³-hybridized carbons (Fsp3) is 0.462. The molecule has 1 aromatic rings. The topological polar surface area (TPSA) is 157 Å². The largest absolute Gasteiger partial charge is 0.508 e. The van der Waals surface area contributed by atoms with Crippen molar-refractivity contribution >= 4 is 5.97 Å².